The van der Waals surface area contributed by atoms with Gasteiger partial charge in [0.25, 0.3) is 0 Å². The van der Waals surface area contributed by atoms with Crippen molar-refractivity contribution >= 4 is 24.3 Å². The Bertz CT molecular complexity index is 228. The summed E-state index contributed by atoms with van der Waals surface area (Å²) in [5.41, 5.74) is 0. The van der Waals surface area contributed by atoms with Crippen LogP contribution >= 0.6 is 9.95 Å². The van der Waals surface area contributed by atoms with Crippen molar-refractivity contribution in [3.05, 3.63) is 24.3 Å². The van der Waals surface area contributed by atoms with Crippen LogP contribution in [0.5, 0.6) is 11.5 Å². The first kappa shape index (κ1) is 6.38. The maximum absolute atomic E-state index is 5.68. The maximum atomic E-state index is 5.68. The molecule has 0 bridgehead atoms. The van der Waals surface area contributed by atoms with Crippen LogP contribution in [0.25, 0.3) is 0 Å². The summed E-state index contributed by atoms with van der Waals surface area (Å²) in [5, 5.41) is 0. The van der Waals surface area contributed by atoms with Gasteiger partial charge in [0.05, 0.1) is 0 Å². The van der Waals surface area contributed by atoms with Crippen molar-refractivity contribution in [2.45, 2.75) is 0 Å². The molecule has 0 aromatic heterocycles. The Morgan fingerprint density at radius 2 is 1.60 bits per heavy atom. The van der Waals surface area contributed by atoms with Crippen LogP contribution in [-0.2, 0) is 0 Å². The fourth-order valence-electron chi connectivity index (χ4n) is 0.774. The quantitative estimate of drug-likeness (QED) is 0.617. The van der Waals surface area contributed by atoms with Crippen LogP contribution in [0.15, 0.2) is 24.3 Å². The molecule has 0 fully saturated rings. The monoisotopic (exact) mass is 218 g/mol. The van der Waals surface area contributed by atoms with Gasteiger partial charge in [-0.3, -0.25) is 0 Å². The van der Waals surface area contributed by atoms with E-state index in [-0.39, 0.29) is 0 Å². The normalized spacial score (nSPS) is 15.7. The first-order chi connectivity index (χ1) is 4.86. The molecule has 0 saturated carbocycles. The zero-order valence-corrected chi connectivity index (χ0v) is 7.58. The predicted octanol–water partition coefficient (Wildman–Crippen LogP) is 1.68. The van der Waals surface area contributed by atoms with Crippen LogP contribution in [0, 0.1) is 0 Å². The molecule has 0 saturated heterocycles. The second-order valence-corrected chi connectivity index (χ2v) is 4.93. The zero-order valence-electron chi connectivity index (χ0n) is 4.95. The van der Waals surface area contributed by atoms with Crippen LogP contribution in [0.1, 0.15) is 0 Å². The van der Waals surface area contributed by atoms with Gasteiger partial charge < -0.3 is 0 Å². The second-order valence-electron chi connectivity index (χ2n) is 1.84. The Kier molecular flexibility index (Phi) is 1.51. The van der Waals surface area contributed by atoms with E-state index in [1.54, 1.807) is 0 Å². The topological polar surface area (TPSA) is 18.5 Å². The minimum atomic E-state index is -1.93. The molecular weight excluding hydrogens is 214 g/mol. The summed E-state index contributed by atoms with van der Waals surface area (Å²) in [6, 6.07) is 7.50. The van der Waals surface area contributed by atoms with Gasteiger partial charge in [-0.2, -0.15) is 0 Å². The molecule has 0 unspecified atom stereocenters. The molecule has 1 aliphatic heterocycles. The number of fused-ring (bicyclic) bond motifs is 1. The molecule has 0 spiro atoms. The van der Waals surface area contributed by atoms with E-state index in [9.17, 15) is 0 Å². The van der Waals surface area contributed by atoms with Gasteiger partial charge in [0, 0.05) is 0 Å². The summed E-state index contributed by atoms with van der Waals surface area (Å²) in [4.78, 5) is 0. The van der Waals surface area contributed by atoms with Crippen molar-refractivity contribution in [3.63, 3.8) is 0 Å². The first-order valence-electron chi connectivity index (χ1n) is 2.77. The van der Waals surface area contributed by atoms with Crippen molar-refractivity contribution in [3.8, 4) is 11.5 Å². The van der Waals surface area contributed by atoms with Gasteiger partial charge in [0.2, 0.25) is 0 Å². The number of rotatable bonds is 0. The van der Waals surface area contributed by atoms with E-state index in [2.05, 4.69) is 0 Å². The molecule has 2 rings (SSSR count). The minimum absolute atomic E-state index is 0.775. The molecule has 0 atom stereocenters. The average molecular weight is 218 g/mol. The van der Waals surface area contributed by atoms with Crippen molar-refractivity contribution in [2.24, 2.45) is 0 Å². The number of para-hydroxylation sites is 2. The zero-order chi connectivity index (χ0) is 6.97. The number of hydrogen-bond acceptors (Lipinski definition) is 2. The Hall–Kier alpha value is -0.332. The fourth-order valence-corrected chi connectivity index (χ4v) is 2.91. The van der Waals surface area contributed by atoms with E-state index in [0.29, 0.717) is 0 Å². The predicted molar refractivity (Wildman–Crippen MR) is 39.3 cm³/mol. The third-order valence-corrected chi connectivity index (χ3v) is 3.33. The molecule has 0 radical (unpaired) electrons. The molecule has 1 aromatic rings. The summed E-state index contributed by atoms with van der Waals surface area (Å²) < 4.78 is 10.4. The number of benzene rings is 1. The Balaban J connectivity index is 2.42. The van der Waals surface area contributed by atoms with E-state index in [1.165, 1.54) is 0 Å². The molecule has 1 aromatic carbocycles. The molecule has 0 aliphatic carbocycles. The summed E-state index contributed by atoms with van der Waals surface area (Å²) in [6.07, 6.45) is 0. The summed E-state index contributed by atoms with van der Waals surface area (Å²) in [6.45, 7) is 0. The van der Waals surface area contributed by atoms with Crippen LogP contribution < -0.4 is 7.45 Å². The molecule has 4 heteroatoms. The van der Waals surface area contributed by atoms with Crippen LogP contribution in [0.2, 0.25) is 0 Å². The molecule has 10 heavy (non-hydrogen) atoms. The van der Waals surface area contributed by atoms with Crippen molar-refractivity contribution < 1.29 is 7.45 Å². The van der Waals surface area contributed by atoms with Gasteiger partial charge in [0.1, 0.15) is 0 Å². The molecule has 1 heterocycles. The van der Waals surface area contributed by atoms with E-state index in [4.69, 9.17) is 17.4 Å². The Morgan fingerprint density at radius 1 is 1.10 bits per heavy atom. The summed E-state index contributed by atoms with van der Waals surface area (Å²) >= 11 is -1.93. The van der Waals surface area contributed by atoms with Crippen LogP contribution in [0.3, 0.4) is 0 Å². The van der Waals surface area contributed by atoms with Crippen molar-refractivity contribution in [2.75, 3.05) is 0 Å². The van der Waals surface area contributed by atoms with Crippen LogP contribution in [0.4, 0.5) is 0 Å². The second kappa shape index (κ2) is 2.37. The Morgan fingerprint density at radius 3 is 2.10 bits per heavy atom. The Labute approximate surface area is 67.8 Å². The van der Waals surface area contributed by atoms with E-state index >= 15 is 0 Å². The SMILES string of the molecule is Cl[As]1Oc2ccccc2O1. The van der Waals surface area contributed by atoms with Gasteiger partial charge >= 0.3 is 67.6 Å². The molecule has 0 N–H and O–H groups in total. The van der Waals surface area contributed by atoms with Gasteiger partial charge in [-0.1, -0.05) is 0 Å². The number of halogens is 1. The average Bonchev–Trinajstić information content (AvgIpc) is 2.27. The van der Waals surface area contributed by atoms with Gasteiger partial charge in [-0.15, -0.1) is 0 Å². The fraction of sp³-hybridized carbons (Fsp3) is 0. The first-order valence-corrected chi connectivity index (χ1v) is 6.77. The molecule has 0 amide bonds. The van der Waals surface area contributed by atoms with Crippen LogP contribution in [-0.4, -0.2) is 14.4 Å². The number of hydrogen-bond donors (Lipinski definition) is 0. The third-order valence-electron chi connectivity index (χ3n) is 1.19. The standard InChI is InChI=1S/C6H4AsClO2/c8-7-9-5-3-1-2-4-6(5)10-7/h1-4H. The van der Waals surface area contributed by atoms with Crippen molar-refractivity contribution in [1.82, 2.24) is 0 Å². The molecule has 1 aliphatic rings. The van der Waals surface area contributed by atoms with Gasteiger partial charge in [0.15, 0.2) is 0 Å². The van der Waals surface area contributed by atoms with E-state index in [1.807, 2.05) is 24.3 Å². The van der Waals surface area contributed by atoms with Gasteiger partial charge in [-0.25, -0.2) is 0 Å². The third kappa shape index (κ3) is 0.978. The summed E-state index contributed by atoms with van der Waals surface area (Å²) in [7, 11) is 5.68. The van der Waals surface area contributed by atoms with E-state index < -0.39 is 14.4 Å². The van der Waals surface area contributed by atoms with Gasteiger partial charge in [-0.05, 0) is 0 Å². The summed E-state index contributed by atoms with van der Waals surface area (Å²) in [5.74, 6) is 1.55. The van der Waals surface area contributed by atoms with Crippen molar-refractivity contribution in [1.29, 1.82) is 0 Å². The molecule has 52 valence electrons. The van der Waals surface area contributed by atoms with E-state index in [0.717, 1.165) is 11.5 Å². The molecular formula is C6H4AsClO2. The molecule has 2 nitrogen and oxygen atoms in total.